The second-order valence-corrected chi connectivity index (χ2v) is 8.98. The molecule has 0 radical (unpaired) electrons. The zero-order valence-electron chi connectivity index (χ0n) is 16.9. The molecule has 3 aromatic rings. The third kappa shape index (κ3) is 4.19. The molecule has 0 aliphatic carbocycles. The van der Waals surface area contributed by atoms with Crippen LogP contribution in [0.15, 0.2) is 65.6 Å². The fourth-order valence-corrected chi connectivity index (χ4v) is 4.86. The van der Waals surface area contributed by atoms with Gasteiger partial charge in [-0.2, -0.15) is 0 Å². The number of hydrogen-bond donors (Lipinski definition) is 1. The number of carbonyl (C=O) groups is 2. The first-order chi connectivity index (χ1) is 15.6. The first-order valence-corrected chi connectivity index (χ1v) is 11.2. The number of hydrogen-bond acceptors (Lipinski definition) is 6. The summed E-state index contributed by atoms with van der Waals surface area (Å²) in [5.74, 6) is 0.969. The van der Waals surface area contributed by atoms with Crippen molar-refractivity contribution < 1.29 is 19.1 Å². The Balaban J connectivity index is 1.22. The fourth-order valence-electron chi connectivity index (χ4n) is 3.55. The maximum atomic E-state index is 12.8. The van der Waals surface area contributed by atoms with Crippen LogP contribution < -0.4 is 14.8 Å². The van der Waals surface area contributed by atoms with Crippen molar-refractivity contribution in [1.29, 1.82) is 0 Å². The number of benzene rings is 3. The molecule has 1 N–H and O–H groups in total. The Morgan fingerprint density at radius 2 is 1.88 bits per heavy atom. The van der Waals surface area contributed by atoms with Gasteiger partial charge in [0.05, 0.1) is 4.91 Å². The van der Waals surface area contributed by atoms with Crippen molar-refractivity contribution in [3.8, 4) is 11.5 Å². The third-order valence-electron chi connectivity index (χ3n) is 5.16. The van der Waals surface area contributed by atoms with E-state index in [1.807, 2.05) is 60.7 Å². The minimum atomic E-state index is -0.198. The highest BCUT2D eigenvalue weighted by Gasteiger charge is 2.32. The molecule has 5 rings (SSSR count). The van der Waals surface area contributed by atoms with Crippen LogP contribution in [0.2, 0.25) is 0 Å². The number of rotatable bonds is 5. The van der Waals surface area contributed by atoms with Crippen molar-refractivity contribution in [3.05, 3.63) is 71.1 Å². The molecule has 1 saturated heterocycles. The van der Waals surface area contributed by atoms with Crippen LogP contribution in [0.5, 0.6) is 11.5 Å². The van der Waals surface area contributed by atoms with Gasteiger partial charge in [-0.15, -0.1) is 0 Å². The topological polar surface area (TPSA) is 67.9 Å². The second kappa shape index (κ2) is 8.64. The lowest BCUT2D eigenvalue weighted by molar-refractivity contribution is -0.122. The number of carbonyl (C=O) groups excluding carboxylic acids is 2. The van der Waals surface area contributed by atoms with Crippen LogP contribution in [0, 0.1) is 0 Å². The van der Waals surface area contributed by atoms with Crippen molar-refractivity contribution in [2.45, 2.75) is 6.42 Å². The summed E-state index contributed by atoms with van der Waals surface area (Å²) in [5.41, 5.74) is 1.55. The van der Waals surface area contributed by atoms with Gasteiger partial charge in [0.2, 0.25) is 12.7 Å². The third-order valence-corrected chi connectivity index (χ3v) is 6.54. The van der Waals surface area contributed by atoms with E-state index in [0.29, 0.717) is 20.7 Å². The number of thioether (sulfide) groups is 1. The molecule has 2 aliphatic heterocycles. The summed E-state index contributed by atoms with van der Waals surface area (Å²) in [5, 5.41) is 5.06. The maximum Gasteiger partial charge on any atom is 0.266 e. The summed E-state index contributed by atoms with van der Waals surface area (Å²) in [6.07, 6.45) is 1.92. The normalized spacial score (nSPS) is 16.2. The van der Waals surface area contributed by atoms with E-state index < -0.39 is 0 Å². The van der Waals surface area contributed by atoms with Crippen LogP contribution in [0.25, 0.3) is 16.8 Å². The highest BCUT2D eigenvalue weighted by molar-refractivity contribution is 8.26. The molecule has 8 heteroatoms. The monoisotopic (exact) mass is 462 g/mol. The molecule has 32 heavy (non-hydrogen) atoms. The smallest absolute Gasteiger partial charge is 0.266 e. The molecule has 0 saturated carbocycles. The van der Waals surface area contributed by atoms with Crippen LogP contribution in [0.3, 0.4) is 0 Å². The predicted octanol–water partition coefficient (Wildman–Crippen LogP) is 4.80. The lowest BCUT2D eigenvalue weighted by Crippen LogP contribution is -2.31. The first kappa shape index (κ1) is 20.5. The van der Waals surface area contributed by atoms with Crippen LogP contribution in [0.4, 0.5) is 5.69 Å². The minimum Gasteiger partial charge on any atom is -0.454 e. The second-order valence-electron chi connectivity index (χ2n) is 7.31. The molecule has 1 fully saturated rings. The van der Waals surface area contributed by atoms with Gasteiger partial charge in [-0.05, 0) is 46.7 Å². The molecular weight excluding hydrogens is 444 g/mol. The zero-order valence-corrected chi connectivity index (χ0v) is 18.5. The Labute approximate surface area is 194 Å². The summed E-state index contributed by atoms with van der Waals surface area (Å²) in [7, 11) is 0. The lowest BCUT2D eigenvalue weighted by Gasteiger charge is -2.14. The molecule has 0 bridgehead atoms. The van der Waals surface area contributed by atoms with E-state index in [9.17, 15) is 9.59 Å². The molecule has 160 valence electrons. The lowest BCUT2D eigenvalue weighted by atomic mass is 10.1. The number of nitrogens with zero attached hydrogens (tertiary/aromatic N) is 1. The van der Waals surface area contributed by atoms with Gasteiger partial charge < -0.3 is 14.8 Å². The SMILES string of the molecule is O=C(CCN1C(=O)C(=Cc2ccc3c(c2)OCO3)SC1=S)Nc1ccc2ccccc2c1. The number of ether oxygens (including phenoxy) is 2. The van der Waals surface area contributed by atoms with E-state index >= 15 is 0 Å². The number of amides is 2. The molecule has 3 aromatic carbocycles. The van der Waals surface area contributed by atoms with Gasteiger partial charge in [0.1, 0.15) is 4.32 Å². The zero-order chi connectivity index (χ0) is 22.1. The quantitative estimate of drug-likeness (QED) is 0.434. The van der Waals surface area contributed by atoms with Crippen LogP contribution in [-0.2, 0) is 9.59 Å². The van der Waals surface area contributed by atoms with Crippen LogP contribution in [-0.4, -0.2) is 34.4 Å². The molecule has 6 nitrogen and oxygen atoms in total. The number of nitrogens with one attached hydrogen (secondary N) is 1. The minimum absolute atomic E-state index is 0.149. The Bertz CT molecular complexity index is 1290. The summed E-state index contributed by atoms with van der Waals surface area (Å²) >= 11 is 6.61. The Morgan fingerprint density at radius 3 is 2.75 bits per heavy atom. The molecule has 0 atom stereocenters. The molecule has 0 unspecified atom stereocenters. The van der Waals surface area contributed by atoms with Crippen molar-refractivity contribution in [2.24, 2.45) is 0 Å². The largest absolute Gasteiger partial charge is 0.454 e. The summed E-state index contributed by atoms with van der Waals surface area (Å²) in [4.78, 5) is 27.3. The summed E-state index contributed by atoms with van der Waals surface area (Å²) in [6, 6.07) is 19.2. The van der Waals surface area contributed by atoms with Crippen molar-refractivity contribution in [3.63, 3.8) is 0 Å². The van der Waals surface area contributed by atoms with Gasteiger partial charge in [-0.1, -0.05) is 60.4 Å². The van der Waals surface area contributed by atoms with Crippen molar-refractivity contribution in [1.82, 2.24) is 4.90 Å². The molecular formula is C24H18N2O4S2. The maximum absolute atomic E-state index is 12.8. The van der Waals surface area contributed by atoms with Gasteiger partial charge in [0.25, 0.3) is 5.91 Å². The van der Waals surface area contributed by atoms with Crippen LogP contribution >= 0.6 is 24.0 Å². The highest BCUT2D eigenvalue weighted by Crippen LogP contribution is 2.36. The number of anilines is 1. The van der Waals surface area contributed by atoms with E-state index in [-0.39, 0.29) is 31.6 Å². The van der Waals surface area contributed by atoms with Gasteiger partial charge >= 0.3 is 0 Å². The Morgan fingerprint density at radius 1 is 1.06 bits per heavy atom. The van der Waals surface area contributed by atoms with Gasteiger partial charge in [-0.25, -0.2) is 0 Å². The summed E-state index contributed by atoms with van der Waals surface area (Å²) < 4.78 is 11.1. The molecule has 0 spiro atoms. The van der Waals surface area contributed by atoms with E-state index in [1.54, 1.807) is 6.08 Å². The predicted molar refractivity (Wildman–Crippen MR) is 130 cm³/mol. The van der Waals surface area contributed by atoms with Gasteiger partial charge in [0.15, 0.2) is 11.5 Å². The van der Waals surface area contributed by atoms with Gasteiger partial charge in [0, 0.05) is 18.7 Å². The van der Waals surface area contributed by atoms with E-state index in [4.69, 9.17) is 21.7 Å². The summed E-state index contributed by atoms with van der Waals surface area (Å²) in [6.45, 7) is 0.421. The van der Waals surface area contributed by atoms with Gasteiger partial charge in [-0.3, -0.25) is 14.5 Å². The number of thiocarbonyl (C=S) groups is 1. The van der Waals surface area contributed by atoms with E-state index in [2.05, 4.69) is 5.32 Å². The fraction of sp³-hybridized carbons (Fsp3) is 0.125. The van der Waals surface area contributed by atoms with Crippen molar-refractivity contribution >= 4 is 62.7 Å². The van der Waals surface area contributed by atoms with Crippen molar-refractivity contribution in [2.75, 3.05) is 18.7 Å². The molecule has 0 aromatic heterocycles. The standard InChI is InChI=1S/C24H18N2O4S2/c27-22(25-18-7-6-16-3-1-2-4-17(16)13-18)9-10-26-23(28)21(32-24(26)31)12-15-5-8-19-20(11-15)30-14-29-19/h1-8,11-13H,9-10,14H2,(H,25,27). The van der Waals surface area contributed by atoms with E-state index in [1.165, 1.54) is 16.7 Å². The number of fused-ring (bicyclic) bond motifs is 2. The Hall–Kier alpha value is -3.36. The van der Waals surface area contributed by atoms with Crippen LogP contribution in [0.1, 0.15) is 12.0 Å². The molecule has 2 heterocycles. The average molecular weight is 463 g/mol. The highest BCUT2D eigenvalue weighted by atomic mass is 32.2. The molecule has 2 aliphatic rings. The average Bonchev–Trinajstić information content (AvgIpc) is 3.36. The first-order valence-electron chi connectivity index (χ1n) is 10.0. The van der Waals surface area contributed by atoms with E-state index in [0.717, 1.165) is 22.0 Å². The Kier molecular flexibility index (Phi) is 5.55. The molecule has 2 amide bonds.